The highest BCUT2D eigenvalue weighted by atomic mass is 16.2. The smallest absolute Gasteiger partial charge is 0.255 e. The molecule has 1 aliphatic rings. The molecule has 0 spiro atoms. The van der Waals surface area contributed by atoms with E-state index in [4.69, 9.17) is 0 Å². The molecule has 102 valence electrons. The van der Waals surface area contributed by atoms with E-state index in [1.807, 2.05) is 18.2 Å². The summed E-state index contributed by atoms with van der Waals surface area (Å²) in [6.45, 7) is 0.932. The summed E-state index contributed by atoms with van der Waals surface area (Å²) in [4.78, 5) is 23.6. The molecule has 2 N–H and O–H groups in total. The van der Waals surface area contributed by atoms with Crippen LogP contribution in [0.3, 0.4) is 0 Å². The number of hydrogen-bond acceptors (Lipinski definition) is 3. The molecule has 3 rings (SSSR count). The average molecular weight is 269 g/mol. The molecule has 2 heterocycles. The maximum Gasteiger partial charge on any atom is 0.255 e. The molecule has 0 bridgehead atoms. The molecule has 0 atom stereocenters. The molecule has 1 aliphatic heterocycles. The summed E-state index contributed by atoms with van der Waals surface area (Å²) in [5.41, 5.74) is 3.24. The van der Waals surface area contributed by atoms with Crippen LogP contribution in [0.1, 0.15) is 15.9 Å². The van der Waals surface area contributed by atoms with Gasteiger partial charge in [-0.25, -0.2) is 0 Å². The lowest BCUT2D eigenvalue weighted by Crippen LogP contribution is -2.20. The number of fused-ring (bicyclic) bond motifs is 1. The molecule has 20 heavy (non-hydrogen) atoms. The van der Waals surface area contributed by atoms with Crippen molar-refractivity contribution in [2.75, 3.05) is 17.2 Å². The van der Waals surface area contributed by atoms with E-state index in [0.29, 0.717) is 5.56 Å². The van der Waals surface area contributed by atoms with Gasteiger partial charge in [0.05, 0.1) is 0 Å². The van der Waals surface area contributed by atoms with E-state index in [-0.39, 0.29) is 11.5 Å². The fourth-order valence-electron chi connectivity index (χ4n) is 2.28. The van der Waals surface area contributed by atoms with Gasteiger partial charge in [-0.1, -0.05) is 0 Å². The van der Waals surface area contributed by atoms with Gasteiger partial charge in [0.15, 0.2) is 0 Å². The molecule has 0 saturated carbocycles. The number of aryl methyl sites for hydroxylation is 1. The molecule has 1 aromatic heterocycles. The first-order valence-electron chi connectivity index (χ1n) is 6.48. The highest BCUT2D eigenvalue weighted by Crippen LogP contribution is 2.25. The summed E-state index contributed by atoms with van der Waals surface area (Å²) >= 11 is 0. The summed E-state index contributed by atoms with van der Waals surface area (Å²) < 4.78 is 1.43. The van der Waals surface area contributed by atoms with Crippen LogP contribution in [0.4, 0.5) is 11.4 Å². The van der Waals surface area contributed by atoms with Crippen LogP contribution < -0.4 is 16.2 Å². The lowest BCUT2D eigenvalue weighted by molar-refractivity contribution is 0.102. The number of aromatic nitrogens is 1. The number of carbonyl (C=O) groups is 1. The number of nitrogens with zero attached hydrogens (tertiary/aromatic N) is 1. The van der Waals surface area contributed by atoms with E-state index in [2.05, 4.69) is 10.6 Å². The van der Waals surface area contributed by atoms with E-state index in [1.54, 1.807) is 19.3 Å². The van der Waals surface area contributed by atoms with E-state index >= 15 is 0 Å². The lowest BCUT2D eigenvalue weighted by Gasteiger charge is -2.07. The quantitative estimate of drug-likeness (QED) is 0.870. The number of amides is 1. The van der Waals surface area contributed by atoms with Crippen LogP contribution in [0.2, 0.25) is 0 Å². The van der Waals surface area contributed by atoms with Crippen molar-refractivity contribution in [2.45, 2.75) is 6.42 Å². The van der Waals surface area contributed by atoms with Crippen molar-refractivity contribution in [1.82, 2.24) is 4.57 Å². The molecule has 0 aliphatic carbocycles. The van der Waals surface area contributed by atoms with Crippen molar-refractivity contribution in [2.24, 2.45) is 7.05 Å². The molecule has 0 saturated heterocycles. The Morgan fingerprint density at radius 2 is 2.15 bits per heavy atom. The molecular formula is C15H15N3O2. The normalized spacial score (nSPS) is 12.7. The molecule has 0 unspecified atom stereocenters. The summed E-state index contributed by atoms with van der Waals surface area (Å²) in [5.74, 6) is -0.270. The first kappa shape index (κ1) is 12.5. The highest BCUT2D eigenvalue weighted by molar-refractivity contribution is 6.04. The third-order valence-electron chi connectivity index (χ3n) is 3.44. The number of anilines is 2. The van der Waals surface area contributed by atoms with E-state index in [1.165, 1.54) is 16.2 Å². The Bertz CT molecular complexity index is 734. The van der Waals surface area contributed by atoms with Crippen LogP contribution >= 0.6 is 0 Å². The van der Waals surface area contributed by atoms with Gasteiger partial charge >= 0.3 is 0 Å². The zero-order valence-electron chi connectivity index (χ0n) is 11.1. The number of hydrogen-bond donors (Lipinski definition) is 2. The third kappa shape index (κ3) is 2.30. The average Bonchev–Trinajstić information content (AvgIpc) is 2.89. The molecule has 5 heteroatoms. The van der Waals surface area contributed by atoms with Crippen LogP contribution in [-0.4, -0.2) is 17.0 Å². The van der Waals surface area contributed by atoms with Crippen LogP contribution in [0.15, 0.2) is 41.3 Å². The SMILES string of the molecule is Cn1ccc(C(=O)Nc2ccc3c(c2)CCN3)cc1=O. The fraction of sp³-hybridized carbons (Fsp3) is 0.200. The Labute approximate surface area is 116 Å². The molecule has 1 amide bonds. The van der Waals surface area contributed by atoms with Gasteiger partial charge < -0.3 is 15.2 Å². The largest absolute Gasteiger partial charge is 0.384 e. The molecular weight excluding hydrogens is 254 g/mol. The Hall–Kier alpha value is -2.56. The van der Waals surface area contributed by atoms with Crippen LogP contribution in [0.25, 0.3) is 0 Å². The van der Waals surface area contributed by atoms with Gasteiger partial charge in [0.25, 0.3) is 11.5 Å². The van der Waals surface area contributed by atoms with E-state index in [9.17, 15) is 9.59 Å². The highest BCUT2D eigenvalue weighted by Gasteiger charge is 2.12. The maximum atomic E-state index is 12.1. The van der Waals surface area contributed by atoms with Gasteiger partial charge in [-0.2, -0.15) is 0 Å². The van der Waals surface area contributed by atoms with Crippen molar-refractivity contribution in [3.63, 3.8) is 0 Å². The van der Waals surface area contributed by atoms with Crippen LogP contribution in [-0.2, 0) is 13.5 Å². The zero-order valence-corrected chi connectivity index (χ0v) is 11.1. The Kier molecular flexibility index (Phi) is 3.02. The number of pyridine rings is 1. The molecule has 1 aromatic carbocycles. The van der Waals surface area contributed by atoms with Gasteiger partial charge in [-0.3, -0.25) is 9.59 Å². The Morgan fingerprint density at radius 3 is 2.95 bits per heavy atom. The standard InChI is InChI=1S/C15H15N3O2/c1-18-7-5-11(9-14(18)19)15(20)17-12-2-3-13-10(8-12)4-6-16-13/h2-3,5,7-9,16H,4,6H2,1H3,(H,17,20). The molecule has 2 aromatic rings. The van der Waals surface area contributed by atoms with Gasteiger partial charge in [0.2, 0.25) is 0 Å². The number of carbonyl (C=O) groups excluding carboxylic acids is 1. The van der Waals surface area contributed by atoms with Gasteiger partial charge in [0, 0.05) is 42.8 Å². The second-order valence-corrected chi connectivity index (χ2v) is 4.87. The summed E-state index contributed by atoms with van der Waals surface area (Å²) in [5, 5.41) is 6.09. The summed E-state index contributed by atoms with van der Waals surface area (Å²) in [7, 11) is 1.65. The molecule has 5 nitrogen and oxygen atoms in total. The first-order chi connectivity index (χ1) is 9.63. The van der Waals surface area contributed by atoms with Crippen molar-refractivity contribution < 1.29 is 4.79 Å². The van der Waals surface area contributed by atoms with Crippen LogP contribution in [0, 0.1) is 0 Å². The van der Waals surface area contributed by atoms with E-state index in [0.717, 1.165) is 24.3 Å². The Balaban J connectivity index is 1.82. The van der Waals surface area contributed by atoms with Crippen molar-refractivity contribution in [1.29, 1.82) is 0 Å². The third-order valence-corrected chi connectivity index (χ3v) is 3.44. The molecule has 0 fully saturated rings. The van der Waals surface area contributed by atoms with Crippen LogP contribution in [0.5, 0.6) is 0 Å². The van der Waals surface area contributed by atoms with Crippen molar-refractivity contribution >= 4 is 17.3 Å². The number of rotatable bonds is 2. The predicted octanol–water partition coefficient (Wildman–Crippen LogP) is 1.61. The summed E-state index contributed by atoms with van der Waals surface area (Å²) in [6.07, 6.45) is 2.55. The van der Waals surface area contributed by atoms with Gasteiger partial charge in [-0.05, 0) is 36.2 Å². The van der Waals surface area contributed by atoms with E-state index < -0.39 is 0 Å². The monoisotopic (exact) mass is 269 g/mol. The fourth-order valence-corrected chi connectivity index (χ4v) is 2.28. The van der Waals surface area contributed by atoms with Crippen molar-refractivity contribution in [3.8, 4) is 0 Å². The second-order valence-electron chi connectivity index (χ2n) is 4.87. The minimum absolute atomic E-state index is 0.198. The van der Waals surface area contributed by atoms with Gasteiger partial charge in [-0.15, -0.1) is 0 Å². The summed E-state index contributed by atoms with van der Waals surface area (Å²) in [6, 6.07) is 8.75. The van der Waals surface area contributed by atoms with Crippen molar-refractivity contribution in [3.05, 3.63) is 58.0 Å². The molecule has 0 radical (unpaired) electrons. The second kappa shape index (κ2) is 4.85. The minimum Gasteiger partial charge on any atom is -0.384 e. The number of nitrogens with one attached hydrogen (secondary N) is 2. The Morgan fingerprint density at radius 1 is 1.30 bits per heavy atom. The first-order valence-corrected chi connectivity index (χ1v) is 6.48. The van der Waals surface area contributed by atoms with Gasteiger partial charge in [0.1, 0.15) is 0 Å². The predicted molar refractivity (Wildman–Crippen MR) is 78.3 cm³/mol. The lowest BCUT2D eigenvalue weighted by atomic mass is 10.1. The topological polar surface area (TPSA) is 63.1 Å². The minimum atomic E-state index is -0.270. The zero-order chi connectivity index (χ0) is 14.1. The number of benzene rings is 1. The maximum absolute atomic E-state index is 12.1.